The Labute approximate surface area is 163 Å². The number of nitrogens with one attached hydrogen (secondary N) is 1. The molecule has 4 rings (SSSR count). The minimum Gasteiger partial charge on any atom is -0.370 e. The van der Waals surface area contributed by atoms with Crippen LogP contribution < -0.4 is 5.32 Å². The molecule has 1 aliphatic rings. The highest BCUT2D eigenvalue weighted by Gasteiger charge is 2.32. The molecule has 3 nitrogen and oxygen atoms in total. The summed E-state index contributed by atoms with van der Waals surface area (Å²) in [5.41, 5.74) is 1.54. The molecule has 0 spiro atoms. The Bertz CT molecular complexity index is 1010. The summed E-state index contributed by atoms with van der Waals surface area (Å²) >= 11 is 6.23. The number of alkyl halides is 3. The van der Waals surface area contributed by atoms with E-state index in [0.29, 0.717) is 30.0 Å². The van der Waals surface area contributed by atoms with Gasteiger partial charge in [0.25, 0.3) is 0 Å². The van der Waals surface area contributed by atoms with Gasteiger partial charge in [-0.25, -0.2) is 9.07 Å². The van der Waals surface area contributed by atoms with Crippen LogP contribution in [0.5, 0.6) is 0 Å². The van der Waals surface area contributed by atoms with Gasteiger partial charge in [-0.1, -0.05) is 11.6 Å². The molecule has 1 N–H and O–H groups in total. The van der Waals surface area contributed by atoms with Crippen molar-refractivity contribution in [2.24, 2.45) is 0 Å². The molecular formula is C20H16ClF4N3. The van der Waals surface area contributed by atoms with Crippen LogP contribution in [-0.4, -0.2) is 16.3 Å². The second-order valence-corrected chi connectivity index (χ2v) is 7.05. The van der Waals surface area contributed by atoms with E-state index < -0.39 is 11.7 Å². The van der Waals surface area contributed by atoms with Crippen molar-refractivity contribution >= 4 is 17.4 Å². The summed E-state index contributed by atoms with van der Waals surface area (Å²) in [6.07, 6.45) is -1.94. The van der Waals surface area contributed by atoms with E-state index in [4.69, 9.17) is 11.6 Å². The number of anilines is 1. The first-order valence-corrected chi connectivity index (χ1v) is 9.21. The molecule has 0 atom stereocenters. The molecule has 0 radical (unpaired) electrons. The summed E-state index contributed by atoms with van der Waals surface area (Å²) in [5.74, 6) is 0.256. The largest absolute Gasteiger partial charge is 0.416 e. The second-order valence-electron chi connectivity index (χ2n) is 6.64. The van der Waals surface area contributed by atoms with Crippen LogP contribution in [0.1, 0.15) is 24.0 Å². The van der Waals surface area contributed by atoms with Gasteiger partial charge < -0.3 is 5.32 Å². The molecule has 0 fully saturated rings. The van der Waals surface area contributed by atoms with E-state index in [1.54, 1.807) is 12.1 Å². The van der Waals surface area contributed by atoms with Crippen molar-refractivity contribution in [2.45, 2.75) is 25.4 Å². The Kier molecular flexibility index (Phi) is 4.79. The SMILES string of the molecule is Fc1ccc(-c2nn(-c3cc(C(F)(F)F)ccc3Cl)c3c2CCCCN3)cc1. The lowest BCUT2D eigenvalue weighted by Gasteiger charge is -2.13. The molecular weight excluding hydrogens is 394 g/mol. The second kappa shape index (κ2) is 7.13. The van der Waals surface area contributed by atoms with Gasteiger partial charge >= 0.3 is 6.18 Å². The van der Waals surface area contributed by atoms with Gasteiger partial charge in [0.15, 0.2) is 0 Å². The lowest BCUT2D eigenvalue weighted by Crippen LogP contribution is -2.10. The predicted octanol–water partition coefficient (Wildman–Crippen LogP) is 6.10. The Morgan fingerprint density at radius 1 is 1.04 bits per heavy atom. The van der Waals surface area contributed by atoms with Crippen LogP contribution in [-0.2, 0) is 12.6 Å². The van der Waals surface area contributed by atoms with Gasteiger partial charge in [0, 0.05) is 17.7 Å². The Morgan fingerprint density at radius 3 is 2.50 bits per heavy atom. The zero-order valence-corrected chi connectivity index (χ0v) is 15.4. The van der Waals surface area contributed by atoms with Gasteiger partial charge in [-0.2, -0.15) is 18.3 Å². The van der Waals surface area contributed by atoms with Crippen LogP contribution >= 0.6 is 11.6 Å². The van der Waals surface area contributed by atoms with E-state index in [2.05, 4.69) is 10.4 Å². The molecule has 2 heterocycles. The fourth-order valence-corrected chi connectivity index (χ4v) is 3.57. The molecule has 0 amide bonds. The number of aromatic nitrogens is 2. The number of hydrogen-bond donors (Lipinski definition) is 1. The van der Waals surface area contributed by atoms with Gasteiger partial charge in [-0.3, -0.25) is 0 Å². The third kappa shape index (κ3) is 3.46. The van der Waals surface area contributed by atoms with Crippen molar-refractivity contribution in [2.75, 3.05) is 11.9 Å². The summed E-state index contributed by atoms with van der Waals surface area (Å²) in [6.45, 7) is 0.679. The average molecular weight is 410 g/mol. The highest BCUT2D eigenvalue weighted by atomic mass is 35.5. The number of benzene rings is 2. The number of nitrogens with zero attached hydrogens (tertiary/aromatic N) is 2. The van der Waals surface area contributed by atoms with Crippen LogP contribution in [0.2, 0.25) is 5.02 Å². The maximum atomic E-state index is 13.3. The maximum Gasteiger partial charge on any atom is 0.416 e. The molecule has 0 unspecified atom stereocenters. The maximum absolute atomic E-state index is 13.3. The van der Waals surface area contributed by atoms with Crippen molar-refractivity contribution in [3.63, 3.8) is 0 Å². The fourth-order valence-electron chi connectivity index (χ4n) is 3.37. The van der Waals surface area contributed by atoms with Crippen LogP contribution in [0.3, 0.4) is 0 Å². The molecule has 8 heteroatoms. The lowest BCUT2D eigenvalue weighted by atomic mass is 10.0. The number of halogens is 5. The van der Waals surface area contributed by atoms with Crippen molar-refractivity contribution in [1.29, 1.82) is 0 Å². The monoisotopic (exact) mass is 409 g/mol. The first-order valence-electron chi connectivity index (χ1n) is 8.83. The van der Waals surface area contributed by atoms with Gasteiger partial charge in [0.1, 0.15) is 11.6 Å². The van der Waals surface area contributed by atoms with Crippen LogP contribution in [0.25, 0.3) is 16.9 Å². The Morgan fingerprint density at radius 2 is 1.79 bits per heavy atom. The predicted molar refractivity (Wildman–Crippen MR) is 100 cm³/mol. The van der Waals surface area contributed by atoms with Crippen LogP contribution in [0, 0.1) is 5.82 Å². The third-order valence-corrected chi connectivity index (χ3v) is 5.07. The van der Waals surface area contributed by atoms with Gasteiger partial charge in [0.2, 0.25) is 0 Å². The standard InChI is InChI=1S/C20H16ClF4N3/c21-16-9-6-13(20(23,24)25)11-17(16)28-19-15(3-1-2-10-26-19)18(27-28)12-4-7-14(22)8-5-12/h4-9,11,26H,1-3,10H2. The number of fused-ring (bicyclic) bond motifs is 1. The summed E-state index contributed by atoms with van der Waals surface area (Å²) in [7, 11) is 0. The molecule has 3 aromatic rings. The number of rotatable bonds is 2. The van der Waals surface area contributed by atoms with Crippen LogP contribution in [0.4, 0.5) is 23.4 Å². The summed E-state index contributed by atoms with van der Waals surface area (Å²) in [6, 6.07) is 9.06. The lowest BCUT2D eigenvalue weighted by molar-refractivity contribution is -0.137. The molecule has 1 aliphatic heterocycles. The van der Waals surface area contributed by atoms with Crippen molar-refractivity contribution < 1.29 is 17.6 Å². The van der Waals surface area contributed by atoms with E-state index >= 15 is 0 Å². The average Bonchev–Trinajstić information content (AvgIpc) is 2.83. The van der Waals surface area contributed by atoms with E-state index in [9.17, 15) is 17.6 Å². The van der Waals surface area contributed by atoms with Crippen molar-refractivity contribution in [3.8, 4) is 16.9 Å². The minimum absolute atomic E-state index is 0.149. The third-order valence-electron chi connectivity index (χ3n) is 4.75. The molecule has 0 saturated carbocycles. The van der Waals surface area contributed by atoms with Gasteiger partial charge in [-0.05, 0) is 61.7 Å². The molecule has 146 valence electrons. The number of hydrogen-bond acceptors (Lipinski definition) is 2. The topological polar surface area (TPSA) is 29.9 Å². The smallest absolute Gasteiger partial charge is 0.370 e. The van der Waals surface area contributed by atoms with E-state index in [1.165, 1.54) is 22.9 Å². The first kappa shape index (κ1) is 18.8. The minimum atomic E-state index is -4.49. The van der Waals surface area contributed by atoms with Gasteiger partial charge in [-0.15, -0.1) is 0 Å². The Balaban J connectivity index is 1.92. The first-order chi connectivity index (χ1) is 13.3. The van der Waals surface area contributed by atoms with Crippen molar-refractivity contribution in [3.05, 3.63) is 64.4 Å². The molecule has 1 aromatic heterocycles. The van der Waals surface area contributed by atoms with E-state index in [-0.39, 0.29) is 16.5 Å². The van der Waals surface area contributed by atoms with Gasteiger partial charge in [0.05, 0.1) is 22.0 Å². The fraction of sp³-hybridized carbons (Fsp3) is 0.250. The zero-order chi connectivity index (χ0) is 19.9. The zero-order valence-electron chi connectivity index (χ0n) is 14.7. The molecule has 28 heavy (non-hydrogen) atoms. The molecule has 2 aromatic carbocycles. The molecule has 0 aliphatic carbocycles. The summed E-state index contributed by atoms with van der Waals surface area (Å²) < 4.78 is 54.4. The van der Waals surface area contributed by atoms with E-state index in [1.807, 2.05) is 0 Å². The molecule has 0 bridgehead atoms. The Hall–Kier alpha value is -2.54. The summed E-state index contributed by atoms with van der Waals surface area (Å²) in [5, 5.41) is 8.00. The highest BCUT2D eigenvalue weighted by molar-refractivity contribution is 6.32. The van der Waals surface area contributed by atoms with Crippen LogP contribution in [0.15, 0.2) is 42.5 Å². The summed E-state index contributed by atoms with van der Waals surface area (Å²) in [4.78, 5) is 0. The van der Waals surface area contributed by atoms with Crippen molar-refractivity contribution in [1.82, 2.24) is 9.78 Å². The normalized spacial score (nSPS) is 14.3. The molecule has 0 saturated heterocycles. The highest BCUT2D eigenvalue weighted by Crippen LogP contribution is 2.38. The van der Waals surface area contributed by atoms with E-state index in [0.717, 1.165) is 30.5 Å². The quantitative estimate of drug-likeness (QED) is 0.518.